The van der Waals surface area contributed by atoms with E-state index in [2.05, 4.69) is 0 Å². The molecule has 2 rings (SSSR count). The van der Waals surface area contributed by atoms with Crippen molar-refractivity contribution in [2.75, 3.05) is 0 Å². The minimum absolute atomic E-state index is 0.267. The summed E-state index contributed by atoms with van der Waals surface area (Å²) in [7, 11) is 0. The third-order valence-electron chi connectivity index (χ3n) is 2.88. The van der Waals surface area contributed by atoms with Crippen molar-refractivity contribution in [2.24, 2.45) is 0 Å². The Morgan fingerprint density at radius 2 is 2.17 bits per heavy atom. The lowest BCUT2D eigenvalue weighted by Gasteiger charge is -2.11. The molecule has 1 unspecified atom stereocenters. The molecule has 2 aromatic rings. The first-order chi connectivity index (χ1) is 8.61. The Labute approximate surface area is 110 Å². The van der Waals surface area contributed by atoms with E-state index in [0.29, 0.717) is 17.0 Å². The summed E-state index contributed by atoms with van der Waals surface area (Å²) in [5.74, 6) is 0.388. The van der Waals surface area contributed by atoms with E-state index in [1.54, 1.807) is 12.3 Å². The molecular formula is C14H14ClFO2. The van der Waals surface area contributed by atoms with Crippen LogP contribution in [0, 0.1) is 5.82 Å². The van der Waals surface area contributed by atoms with Gasteiger partial charge in [-0.1, -0.05) is 18.5 Å². The monoisotopic (exact) mass is 268 g/mol. The van der Waals surface area contributed by atoms with Gasteiger partial charge in [0.15, 0.2) is 0 Å². The molecule has 1 heterocycles. The topological polar surface area (TPSA) is 33.4 Å². The zero-order chi connectivity index (χ0) is 13.1. The first-order valence-corrected chi connectivity index (χ1v) is 6.18. The molecule has 1 aromatic heterocycles. The van der Waals surface area contributed by atoms with Gasteiger partial charge >= 0.3 is 0 Å². The lowest BCUT2D eigenvalue weighted by Crippen LogP contribution is -2.04. The highest BCUT2D eigenvalue weighted by atomic mass is 35.5. The molecular weight excluding hydrogens is 255 g/mol. The molecule has 1 aromatic carbocycles. The highest BCUT2D eigenvalue weighted by Gasteiger charge is 2.16. The van der Waals surface area contributed by atoms with Gasteiger partial charge in [0.05, 0.1) is 12.4 Å². The zero-order valence-electron chi connectivity index (χ0n) is 9.99. The molecule has 0 saturated heterocycles. The SMILES string of the molecule is CCc1occc1C(O)Cc1cc(F)ccc1Cl. The minimum atomic E-state index is -0.738. The Balaban J connectivity index is 2.21. The number of halogens is 2. The third-order valence-corrected chi connectivity index (χ3v) is 3.25. The molecule has 0 fully saturated rings. The Hall–Kier alpha value is -1.32. The number of aliphatic hydroxyl groups excluding tert-OH is 1. The van der Waals surface area contributed by atoms with Gasteiger partial charge in [-0.05, 0) is 29.8 Å². The second-order valence-corrected chi connectivity index (χ2v) is 4.52. The van der Waals surface area contributed by atoms with Crippen LogP contribution in [0.4, 0.5) is 4.39 Å². The van der Waals surface area contributed by atoms with Gasteiger partial charge in [-0.3, -0.25) is 0 Å². The van der Waals surface area contributed by atoms with Crippen LogP contribution in [-0.4, -0.2) is 5.11 Å². The van der Waals surface area contributed by atoms with Crippen molar-refractivity contribution in [3.8, 4) is 0 Å². The zero-order valence-corrected chi connectivity index (χ0v) is 10.7. The van der Waals surface area contributed by atoms with Crippen LogP contribution in [0.2, 0.25) is 5.02 Å². The lowest BCUT2D eigenvalue weighted by atomic mass is 10.0. The van der Waals surface area contributed by atoms with Gasteiger partial charge in [0.1, 0.15) is 11.6 Å². The van der Waals surface area contributed by atoms with E-state index >= 15 is 0 Å². The predicted octanol–water partition coefficient (Wildman–Crippen LogP) is 3.91. The molecule has 4 heteroatoms. The molecule has 0 aliphatic heterocycles. The molecule has 2 nitrogen and oxygen atoms in total. The number of aryl methyl sites for hydroxylation is 1. The summed E-state index contributed by atoms with van der Waals surface area (Å²) >= 11 is 5.97. The van der Waals surface area contributed by atoms with Gasteiger partial charge in [-0.2, -0.15) is 0 Å². The maximum Gasteiger partial charge on any atom is 0.123 e. The third kappa shape index (κ3) is 2.74. The normalized spacial score (nSPS) is 12.7. The summed E-state index contributed by atoms with van der Waals surface area (Å²) in [6, 6.07) is 5.87. The molecule has 0 amide bonds. The number of hydrogen-bond acceptors (Lipinski definition) is 2. The number of aliphatic hydroxyl groups is 1. The summed E-state index contributed by atoms with van der Waals surface area (Å²) in [6.07, 6.45) is 1.78. The number of benzene rings is 1. The van der Waals surface area contributed by atoms with Gasteiger partial charge in [0, 0.05) is 23.4 Å². The van der Waals surface area contributed by atoms with E-state index in [4.69, 9.17) is 16.0 Å². The largest absolute Gasteiger partial charge is 0.469 e. The maximum atomic E-state index is 13.1. The minimum Gasteiger partial charge on any atom is -0.469 e. The quantitative estimate of drug-likeness (QED) is 0.912. The highest BCUT2D eigenvalue weighted by molar-refractivity contribution is 6.31. The standard InChI is InChI=1S/C14H14ClFO2/c1-2-14-11(5-6-18-14)13(17)8-9-7-10(16)3-4-12(9)15/h3-7,13,17H,2,8H2,1H3. The first kappa shape index (κ1) is 13.1. The second-order valence-electron chi connectivity index (χ2n) is 4.11. The molecule has 0 aliphatic rings. The Morgan fingerprint density at radius 1 is 1.39 bits per heavy atom. The van der Waals surface area contributed by atoms with E-state index in [9.17, 15) is 9.50 Å². The first-order valence-electron chi connectivity index (χ1n) is 5.80. The molecule has 0 bridgehead atoms. The van der Waals surface area contributed by atoms with Crippen molar-refractivity contribution in [2.45, 2.75) is 25.9 Å². The highest BCUT2D eigenvalue weighted by Crippen LogP contribution is 2.27. The molecule has 0 aliphatic carbocycles. The second kappa shape index (κ2) is 5.55. The Bertz CT molecular complexity index is 536. The molecule has 18 heavy (non-hydrogen) atoms. The van der Waals surface area contributed by atoms with Crippen molar-refractivity contribution in [1.29, 1.82) is 0 Å². The van der Waals surface area contributed by atoms with Crippen molar-refractivity contribution in [3.63, 3.8) is 0 Å². The summed E-state index contributed by atoms with van der Waals surface area (Å²) in [5, 5.41) is 10.6. The van der Waals surface area contributed by atoms with E-state index in [0.717, 1.165) is 11.3 Å². The van der Waals surface area contributed by atoms with E-state index < -0.39 is 6.10 Å². The molecule has 0 radical (unpaired) electrons. The fourth-order valence-corrected chi connectivity index (χ4v) is 2.15. The Kier molecular flexibility index (Phi) is 4.04. The number of rotatable bonds is 4. The summed E-state index contributed by atoms with van der Waals surface area (Å²) in [5.41, 5.74) is 1.32. The molecule has 1 N–H and O–H groups in total. The average molecular weight is 269 g/mol. The summed E-state index contributed by atoms with van der Waals surface area (Å²) in [6.45, 7) is 1.95. The fourth-order valence-electron chi connectivity index (χ4n) is 1.95. The summed E-state index contributed by atoms with van der Waals surface area (Å²) in [4.78, 5) is 0. The molecule has 0 spiro atoms. The van der Waals surface area contributed by atoms with Crippen LogP contribution in [0.5, 0.6) is 0 Å². The average Bonchev–Trinajstić information content (AvgIpc) is 2.82. The van der Waals surface area contributed by atoms with Crippen LogP contribution < -0.4 is 0 Å². The van der Waals surface area contributed by atoms with Gasteiger partial charge in [0.2, 0.25) is 0 Å². The number of hydrogen-bond donors (Lipinski definition) is 1. The van der Waals surface area contributed by atoms with E-state index in [1.807, 2.05) is 6.92 Å². The Morgan fingerprint density at radius 3 is 2.89 bits per heavy atom. The maximum absolute atomic E-state index is 13.1. The fraction of sp³-hybridized carbons (Fsp3) is 0.286. The van der Waals surface area contributed by atoms with Crippen LogP contribution in [0.25, 0.3) is 0 Å². The number of furan rings is 1. The van der Waals surface area contributed by atoms with Crippen LogP contribution in [0.1, 0.15) is 29.9 Å². The van der Waals surface area contributed by atoms with E-state index in [-0.39, 0.29) is 12.2 Å². The molecule has 0 saturated carbocycles. The summed E-state index contributed by atoms with van der Waals surface area (Å²) < 4.78 is 18.4. The van der Waals surface area contributed by atoms with Crippen molar-refractivity contribution in [1.82, 2.24) is 0 Å². The van der Waals surface area contributed by atoms with Gasteiger partial charge < -0.3 is 9.52 Å². The van der Waals surface area contributed by atoms with Crippen molar-refractivity contribution >= 4 is 11.6 Å². The predicted molar refractivity (Wildman–Crippen MR) is 68.2 cm³/mol. The van der Waals surface area contributed by atoms with Gasteiger partial charge in [-0.15, -0.1) is 0 Å². The van der Waals surface area contributed by atoms with Crippen LogP contribution in [0.15, 0.2) is 34.9 Å². The molecule has 1 atom stereocenters. The lowest BCUT2D eigenvalue weighted by molar-refractivity contribution is 0.176. The van der Waals surface area contributed by atoms with Crippen LogP contribution >= 0.6 is 11.6 Å². The van der Waals surface area contributed by atoms with Crippen LogP contribution in [-0.2, 0) is 12.8 Å². The van der Waals surface area contributed by atoms with Gasteiger partial charge in [0.25, 0.3) is 0 Å². The van der Waals surface area contributed by atoms with Crippen molar-refractivity contribution < 1.29 is 13.9 Å². The van der Waals surface area contributed by atoms with E-state index in [1.165, 1.54) is 18.2 Å². The van der Waals surface area contributed by atoms with Crippen molar-refractivity contribution in [3.05, 3.63) is 58.3 Å². The molecule has 96 valence electrons. The smallest absolute Gasteiger partial charge is 0.123 e. The van der Waals surface area contributed by atoms with Gasteiger partial charge in [-0.25, -0.2) is 4.39 Å². The van der Waals surface area contributed by atoms with Crippen LogP contribution in [0.3, 0.4) is 0 Å².